The van der Waals surface area contributed by atoms with Crippen molar-refractivity contribution in [3.05, 3.63) is 34.9 Å². The van der Waals surface area contributed by atoms with Gasteiger partial charge >= 0.3 is 5.97 Å². The highest BCUT2D eigenvalue weighted by Gasteiger charge is 2.36. The predicted octanol–water partition coefficient (Wildman–Crippen LogP) is 2.36. The van der Waals surface area contributed by atoms with E-state index in [0.717, 1.165) is 5.76 Å². The number of allylic oxidation sites excluding steroid dienone is 1. The molecule has 8 heteroatoms. The first kappa shape index (κ1) is 14.7. The number of carbonyl (C=O) groups excluding carboxylic acids is 1. The van der Waals surface area contributed by atoms with Crippen LogP contribution in [0.2, 0.25) is 0 Å². The first-order chi connectivity index (χ1) is 10.5. The third-order valence-corrected chi connectivity index (χ3v) is 3.99. The lowest BCUT2D eigenvalue weighted by Crippen LogP contribution is -2.29. The van der Waals surface area contributed by atoms with Gasteiger partial charge in [0.15, 0.2) is 0 Å². The van der Waals surface area contributed by atoms with Crippen LogP contribution in [0.3, 0.4) is 0 Å². The van der Waals surface area contributed by atoms with Gasteiger partial charge in [-0.1, -0.05) is 11.8 Å². The van der Waals surface area contributed by atoms with E-state index in [9.17, 15) is 4.79 Å². The molecule has 2 aromatic rings. The molecule has 22 heavy (non-hydrogen) atoms. The van der Waals surface area contributed by atoms with Gasteiger partial charge in [0, 0.05) is 5.70 Å². The molecule has 1 atom stereocenters. The lowest BCUT2D eigenvalue weighted by molar-refractivity contribution is -0.136. The molecule has 1 aliphatic heterocycles. The molecule has 0 aliphatic carbocycles. The Morgan fingerprint density at radius 2 is 2.23 bits per heavy atom. The topological polar surface area (TPSA) is 82.2 Å². The predicted molar refractivity (Wildman–Crippen MR) is 81.7 cm³/mol. The van der Waals surface area contributed by atoms with Crippen LogP contribution in [0.4, 0.5) is 5.95 Å². The number of aromatic nitrogens is 3. The molecule has 0 spiro atoms. The molecule has 3 heterocycles. The average molecular weight is 320 g/mol. The summed E-state index contributed by atoms with van der Waals surface area (Å²) in [6.07, 6.45) is 1.90. The number of hydrogen-bond donors (Lipinski definition) is 1. The second kappa shape index (κ2) is 5.53. The molecule has 7 nitrogen and oxygen atoms in total. The fraction of sp³-hybridized carbons (Fsp3) is 0.357. The Bertz CT molecular complexity index is 762. The molecule has 3 rings (SSSR count). The molecule has 116 valence electrons. The summed E-state index contributed by atoms with van der Waals surface area (Å²) in [7, 11) is 1.36. The van der Waals surface area contributed by atoms with Gasteiger partial charge in [-0.15, -0.1) is 5.10 Å². The van der Waals surface area contributed by atoms with Crippen molar-refractivity contribution in [2.24, 2.45) is 0 Å². The maximum absolute atomic E-state index is 12.2. The Kier molecular flexibility index (Phi) is 3.69. The number of thioether (sulfide) groups is 1. The standard InChI is InChI=1S/C14H16N4O3S/c1-7-5-6-9(21-7)11-10(12(19)20-3)8(2)15-13-16-14(22-4)17-18(11)13/h5-6,11H,1-4H3,(H,15,16,17)/t11-/m0/s1. The summed E-state index contributed by atoms with van der Waals surface area (Å²) in [5.41, 5.74) is 1.14. The summed E-state index contributed by atoms with van der Waals surface area (Å²) in [5, 5.41) is 8.16. The van der Waals surface area contributed by atoms with E-state index in [1.54, 1.807) is 4.68 Å². The minimum Gasteiger partial charge on any atom is -0.466 e. The van der Waals surface area contributed by atoms with Gasteiger partial charge in [-0.2, -0.15) is 4.98 Å². The molecule has 0 unspecified atom stereocenters. The number of rotatable bonds is 3. The molecule has 0 fully saturated rings. The van der Waals surface area contributed by atoms with E-state index < -0.39 is 12.0 Å². The van der Waals surface area contributed by atoms with Crippen LogP contribution in [-0.4, -0.2) is 34.1 Å². The Morgan fingerprint density at radius 3 is 2.82 bits per heavy atom. The SMILES string of the molecule is COC(=O)C1=C(C)Nc2nc(SC)nn2[C@H]1c1ccc(C)o1. The van der Waals surface area contributed by atoms with Gasteiger partial charge < -0.3 is 14.5 Å². The number of hydrogen-bond acceptors (Lipinski definition) is 7. The molecule has 2 aromatic heterocycles. The van der Waals surface area contributed by atoms with Gasteiger partial charge in [0.25, 0.3) is 0 Å². The van der Waals surface area contributed by atoms with Crippen LogP contribution < -0.4 is 5.32 Å². The van der Waals surface area contributed by atoms with E-state index in [4.69, 9.17) is 9.15 Å². The molecule has 1 aliphatic rings. The van der Waals surface area contributed by atoms with Crippen LogP contribution in [-0.2, 0) is 9.53 Å². The molecule has 0 amide bonds. The summed E-state index contributed by atoms with van der Waals surface area (Å²) in [6, 6.07) is 3.20. The summed E-state index contributed by atoms with van der Waals surface area (Å²) in [4.78, 5) is 16.6. The fourth-order valence-electron chi connectivity index (χ4n) is 2.46. The molecular weight excluding hydrogens is 304 g/mol. The maximum atomic E-state index is 12.2. The third-order valence-electron chi connectivity index (χ3n) is 3.45. The van der Waals surface area contributed by atoms with Crippen LogP contribution in [0.25, 0.3) is 0 Å². The van der Waals surface area contributed by atoms with Crippen molar-refractivity contribution >= 4 is 23.7 Å². The van der Waals surface area contributed by atoms with Gasteiger partial charge in [-0.05, 0) is 32.2 Å². The number of carbonyl (C=O) groups is 1. The summed E-state index contributed by atoms with van der Waals surface area (Å²) < 4.78 is 12.3. The van der Waals surface area contributed by atoms with E-state index in [-0.39, 0.29) is 0 Å². The number of furan rings is 1. The zero-order valence-corrected chi connectivity index (χ0v) is 13.5. The van der Waals surface area contributed by atoms with Crippen molar-refractivity contribution in [2.75, 3.05) is 18.7 Å². The van der Waals surface area contributed by atoms with Crippen LogP contribution in [0.5, 0.6) is 0 Å². The van der Waals surface area contributed by atoms with Crippen LogP contribution in [0, 0.1) is 6.92 Å². The Hall–Kier alpha value is -2.22. The van der Waals surface area contributed by atoms with Crippen LogP contribution >= 0.6 is 11.8 Å². The highest BCUT2D eigenvalue weighted by molar-refractivity contribution is 7.98. The highest BCUT2D eigenvalue weighted by Crippen LogP contribution is 2.36. The monoisotopic (exact) mass is 320 g/mol. The molecular formula is C14H16N4O3S. The maximum Gasteiger partial charge on any atom is 0.338 e. The molecule has 0 saturated heterocycles. The van der Waals surface area contributed by atoms with Gasteiger partial charge in [-0.25, -0.2) is 9.48 Å². The molecule has 0 bridgehead atoms. The minimum atomic E-state index is -0.495. The second-order valence-electron chi connectivity index (χ2n) is 4.87. The summed E-state index contributed by atoms with van der Waals surface area (Å²) >= 11 is 1.43. The number of anilines is 1. The number of ether oxygens (including phenoxy) is 1. The average Bonchev–Trinajstić information content (AvgIpc) is 3.10. The van der Waals surface area contributed by atoms with E-state index >= 15 is 0 Å². The smallest absolute Gasteiger partial charge is 0.338 e. The molecule has 0 radical (unpaired) electrons. The third kappa shape index (κ3) is 2.29. The normalized spacial score (nSPS) is 17.2. The minimum absolute atomic E-state index is 0.420. The van der Waals surface area contributed by atoms with Gasteiger partial charge in [-0.3, -0.25) is 0 Å². The van der Waals surface area contributed by atoms with E-state index in [1.165, 1.54) is 18.9 Å². The van der Waals surface area contributed by atoms with E-state index in [0.29, 0.717) is 28.1 Å². The van der Waals surface area contributed by atoms with E-state index in [2.05, 4.69) is 15.4 Å². The van der Waals surface area contributed by atoms with Crippen molar-refractivity contribution in [3.63, 3.8) is 0 Å². The summed E-state index contributed by atoms with van der Waals surface area (Å²) in [5.74, 6) is 1.55. The Balaban J connectivity index is 2.18. The largest absolute Gasteiger partial charge is 0.466 e. The van der Waals surface area contributed by atoms with Gasteiger partial charge in [0.1, 0.15) is 17.6 Å². The van der Waals surface area contributed by atoms with Crippen molar-refractivity contribution in [3.8, 4) is 0 Å². The number of aryl methyl sites for hydroxylation is 1. The number of esters is 1. The lowest BCUT2D eigenvalue weighted by atomic mass is 10.0. The highest BCUT2D eigenvalue weighted by atomic mass is 32.2. The lowest BCUT2D eigenvalue weighted by Gasteiger charge is -2.26. The number of fused-ring (bicyclic) bond motifs is 1. The number of nitrogens with one attached hydrogen (secondary N) is 1. The fourth-order valence-corrected chi connectivity index (χ4v) is 2.80. The molecule has 0 aromatic carbocycles. The van der Waals surface area contributed by atoms with Crippen molar-refractivity contribution in [2.45, 2.75) is 25.0 Å². The van der Waals surface area contributed by atoms with Crippen molar-refractivity contribution in [1.29, 1.82) is 0 Å². The number of nitrogens with zero attached hydrogens (tertiary/aromatic N) is 3. The number of methoxy groups -OCH3 is 1. The van der Waals surface area contributed by atoms with Crippen LogP contribution in [0.15, 0.2) is 33.0 Å². The molecule has 0 saturated carbocycles. The van der Waals surface area contributed by atoms with Crippen LogP contribution in [0.1, 0.15) is 24.5 Å². The van der Waals surface area contributed by atoms with Gasteiger partial charge in [0.05, 0.1) is 12.7 Å². The first-order valence-corrected chi connectivity index (χ1v) is 7.90. The molecule has 1 N–H and O–H groups in total. The Morgan fingerprint density at radius 1 is 1.45 bits per heavy atom. The van der Waals surface area contributed by atoms with Crippen molar-refractivity contribution < 1.29 is 13.9 Å². The van der Waals surface area contributed by atoms with Crippen molar-refractivity contribution in [1.82, 2.24) is 14.8 Å². The quantitative estimate of drug-likeness (QED) is 0.686. The summed E-state index contributed by atoms with van der Waals surface area (Å²) in [6.45, 7) is 3.67. The first-order valence-electron chi connectivity index (χ1n) is 6.68. The Labute approximate surface area is 131 Å². The van der Waals surface area contributed by atoms with E-state index in [1.807, 2.05) is 32.2 Å². The zero-order valence-electron chi connectivity index (χ0n) is 12.7. The zero-order chi connectivity index (χ0) is 15.9. The van der Waals surface area contributed by atoms with Gasteiger partial charge in [0.2, 0.25) is 11.1 Å². The second-order valence-corrected chi connectivity index (χ2v) is 5.65.